The van der Waals surface area contributed by atoms with E-state index in [-0.39, 0.29) is 0 Å². The molecule has 0 heterocycles. The lowest BCUT2D eigenvalue weighted by molar-refractivity contribution is 0.218. The fourth-order valence-corrected chi connectivity index (χ4v) is 3.10. The van der Waals surface area contributed by atoms with Gasteiger partial charge in [-0.15, -0.1) is 0 Å². The lowest BCUT2D eigenvalue weighted by Gasteiger charge is -2.25. The van der Waals surface area contributed by atoms with Crippen LogP contribution in [0.15, 0.2) is 24.3 Å². The van der Waals surface area contributed by atoms with E-state index < -0.39 is 0 Å². The Morgan fingerprint density at radius 3 is 2.63 bits per heavy atom. The van der Waals surface area contributed by atoms with Gasteiger partial charge in [0.25, 0.3) is 0 Å². The van der Waals surface area contributed by atoms with Crippen molar-refractivity contribution in [3.63, 3.8) is 0 Å². The molecule has 2 heteroatoms. The third-order valence-corrected chi connectivity index (χ3v) is 4.21. The van der Waals surface area contributed by atoms with Crippen molar-refractivity contribution >= 4 is 0 Å². The highest BCUT2D eigenvalue weighted by Crippen LogP contribution is 2.28. The number of hydrogen-bond donors (Lipinski definition) is 1. The monoisotopic (exact) mass is 261 g/mol. The molecule has 0 aliphatic heterocycles. The standard InChI is InChI=1S/C17H27NO/c1-3-14-9-7-8-12-17(14)19-13-16(18-4-2)15-10-5-6-11-15/h7-9,12,15-16,18H,3-6,10-11,13H2,1-2H3. The second-order valence-corrected chi connectivity index (χ2v) is 5.48. The van der Waals surface area contributed by atoms with Crippen LogP contribution in [0, 0.1) is 5.92 Å². The second-order valence-electron chi connectivity index (χ2n) is 5.48. The first kappa shape index (κ1) is 14.4. The summed E-state index contributed by atoms with van der Waals surface area (Å²) in [7, 11) is 0. The molecule has 1 aromatic carbocycles. The highest BCUT2D eigenvalue weighted by atomic mass is 16.5. The third-order valence-electron chi connectivity index (χ3n) is 4.21. The minimum absolute atomic E-state index is 0.511. The average molecular weight is 261 g/mol. The van der Waals surface area contributed by atoms with Gasteiger partial charge in [-0.05, 0) is 43.4 Å². The van der Waals surface area contributed by atoms with Crippen LogP contribution in [-0.2, 0) is 6.42 Å². The van der Waals surface area contributed by atoms with Gasteiger partial charge >= 0.3 is 0 Å². The van der Waals surface area contributed by atoms with E-state index in [2.05, 4.69) is 43.4 Å². The van der Waals surface area contributed by atoms with Crippen molar-refractivity contribution in [1.82, 2.24) is 5.32 Å². The molecule has 0 aromatic heterocycles. The Balaban J connectivity index is 1.93. The predicted molar refractivity (Wildman–Crippen MR) is 80.7 cm³/mol. The molecule has 2 nitrogen and oxygen atoms in total. The summed E-state index contributed by atoms with van der Waals surface area (Å²) in [6.45, 7) is 6.19. The fourth-order valence-electron chi connectivity index (χ4n) is 3.10. The number of benzene rings is 1. The summed E-state index contributed by atoms with van der Waals surface area (Å²) in [6, 6.07) is 8.91. The number of hydrogen-bond acceptors (Lipinski definition) is 2. The molecular formula is C17H27NO. The lowest BCUT2D eigenvalue weighted by atomic mass is 9.99. The molecule has 0 radical (unpaired) electrons. The maximum atomic E-state index is 6.09. The van der Waals surface area contributed by atoms with Gasteiger partial charge in [0.1, 0.15) is 12.4 Å². The number of para-hydroxylation sites is 1. The van der Waals surface area contributed by atoms with Crippen LogP contribution in [0.25, 0.3) is 0 Å². The van der Waals surface area contributed by atoms with Gasteiger partial charge in [0, 0.05) is 6.04 Å². The summed E-state index contributed by atoms with van der Waals surface area (Å²) in [4.78, 5) is 0. The van der Waals surface area contributed by atoms with Crippen molar-refractivity contribution in [3.8, 4) is 5.75 Å². The molecule has 0 spiro atoms. The molecule has 106 valence electrons. The predicted octanol–water partition coefficient (Wildman–Crippen LogP) is 3.80. The maximum absolute atomic E-state index is 6.09. The average Bonchev–Trinajstić information content (AvgIpc) is 2.97. The molecule has 1 unspecified atom stereocenters. The van der Waals surface area contributed by atoms with Crippen LogP contribution in [-0.4, -0.2) is 19.2 Å². The molecule has 1 atom stereocenters. The maximum Gasteiger partial charge on any atom is 0.122 e. The minimum atomic E-state index is 0.511. The molecule has 1 aliphatic carbocycles. The van der Waals surface area contributed by atoms with Crippen molar-refractivity contribution in [3.05, 3.63) is 29.8 Å². The van der Waals surface area contributed by atoms with Gasteiger partial charge in [0.05, 0.1) is 0 Å². The Labute approximate surface area is 117 Å². The molecule has 0 amide bonds. The van der Waals surface area contributed by atoms with Gasteiger partial charge in [-0.2, -0.15) is 0 Å². The molecular weight excluding hydrogens is 234 g/mol. The number of likely N-dealkylation sites (N-methyl/N-ethyl adjacent to an activating group) is 1. The number of aryl methyl sites for hydroxylation is 1. The summed E-state index contributed by atoms with van der Waals surface area (Å²) < 4.78 is 6.09. The molecule has 19 heavy (non-hydrogen) atoms. The van der Waals surface area contributed by atoms with Crippen molar-refractivity contribution in [2.75, 3.05) is 13.2 Å². The molecule has 1 N–H and O–H groups in total. The summed E-state index contributed by atoms with van der Waals surface area (Å²) in [5.74, 6) is 1.86. The Morgan fingerprint density at radius 1 is 1.21 bits per heavy atom. The normalized spacial score (nSPS) is 17.6. The Morgan fingerprint density at radius 2 is 1.95 bits per heavy atom. The highest BCUT2D eigenvalue weighted by Gasteiger charge is 2.24. The zero-order valence-corrected chi connectivity index (χ0v) is 12.3. The van der Waals surface area contributed by atoms with Gasteiger partial charge in [-0.25, -0.2) is 0 Å². The number of nitrogens with one attached hydrogen (secondary N) is 1. The van der Waals surface area contributed by atoms with E-state index in [1.165, 1.54) is 31.2 Å². The molecule has 1 fully saturated rings. The van der Waals surface area contributed by atoms with Gasteiger partial charge in [0.2, 0.25) is 0 Å². The highest BCUT2D eigenvalue weighted by molar-refractivity contribution is 5.33. The largest absolute Gasteiger partial charge is 0.492 e. The van der Waals surface area contributed by atoms with Gasteiger partial charge < -0.3 is 10.1 Å². The quantitative estimate of drug-likeness (QED) is 0.806. The van der Waals surface area contributed by atoms with E-state index >= 15 is 0 Å². The summed E-state index contributed by atoms with van der Waals surface area (Å²) in [6.07, 6.45) is 6.52. The zero-order chi connectivity index (χ0) is 13.5. The van der Waals surface area contributed by atoms with E-state index in [0.717, 1.165) is 31.2 Å². The fraction of sp³-hybridized carbons (Fsp3) is 0.647. The number of rotatable bonds is 7. The van der Waals surface area contributed by atoms with Crippen LogP contribution in [0.1, 0.15) is 45.1 Å². The zero-order valence-electron chi connectivity index (χ0n) is 12.3. The SMILES string of the molecule is CCNC(COc1ccccc1CC)C1CCCC1. The molecule has 0 saturated heterocycles. The van der Waals surface area contributed by atoms with E-state index in [4.69, 9.17) is 4.74 Å². The van der Waals surface area contributed by atoms with Crippen molar-refractivity contribution in [2.45, 2.75) is 52.0 Å². The summed E-state index contributed by atoms with van der Waals surface area (Å²) >= 11 is 0. The summed E-state index contributed by atoms with van der Waals surface area (Å²) in [5.41, 5.74) is 1.31. The Bertz CT molecular complexity index is 371. The van der Waals surface area contributed by atoms with E-state index in [0.29, 0.717) is 6.04 Å². The molecule has 0 bridgehead atoms. The van der Waals surface area contributed by atoms with Crippen LogP contribution >= 0.6 is 0 Å². The van der Waals surface area contributed by atoms with Gasteiger partial charge in [-0.3, -0.25) is 0 Å². The van der Waals surface area contributed by atoms with Crippen molar-refractivity contribution in [1.29, 1.82) is 0 Å². The van der Waals surface area contributed by atoms with Crippen LogP contribution in [0.4, 0.5) is 0 Å². The van der Waals surface area contributed by atoms with Crippen molar-refractivity contribution in [2.24, 2.45) is 5.92 Å². The van der Waals surface area contributed by atoms with E-state index in [1.54, 1.807) is 0 Å². The third kappa shape index (κ3) is 3.97. The first-order valence-corrected chi connectivity index (χ1v) is 7.79. The van der Waals surface area contributed by atoms with Crippen LogP contribution in [0.3, 0.4) is 0 Å². The van der Waals surface area contributed by atoms with Crippen LogP contribution in [0.5, 0.6) is 5.75 Å². The minimum Gasteiger partial charge on any atom is -0.492 e. The lowest BCUT2D eigenvalue weighted by Crippen LogP contribution is -2.40. The molecule has 1 aromatic rings. The van der Waals surface area contributed by atoms with E-state index in [1.807, 2.05) is 0 Å². The Kier molecular flexibility index (Phi) is 5.71. The topological polar surface area (TPSA) is 21.3 Å². The first-order chi connectivity index (χ1) is 9.35. The smallest absolute Gasteiger partial charge is 0.122 e. The Hall–Kier alpha value is -1.02. The summed E-state index contributed by atoms with van der Waals surface area (Å²) in [5, 5.41) is 3.61. The van der Waals surface area contributed by atoms with Crippen LogP contribution in [0.2, 0.25) is 0 Å². The molecule has 2 rings (SSSR count). The van der Waals surface area contributed by atoms with E-state index in [9.17, 15) is 0 Å². The molecule has 1 saturated carbocycles. The molecule has 1 aliphatic rings. The van der Waals surface area contributed by atoms with Crippen molar-refractivity contribution < 1.29 is 4.74 Å². The second kappa shape index (κ2) is 7.54. The first-order valence-electron chi connectivity index (χ1n) is 7.79. The van der Waals surface area contributed by atoms with Crippen LogP contribution < -0.4 is 10.1 Å². The van der Waals surface area contributed by atoms with Gasteiger partial charge in [0.15, 0.2) is 0 Å². The number of ether oxygens (including phenoxy) is 1. The van der Waals surface area contributed by atoms with Gasteiger partial charge in [-0.1, -0.05) is 44.9 Å².